The zero-order chi connectivity index (χ0) is 13.8. The van der Waals surface area contributed by atoms with E-state index in [4.69, 9.17) is 18.0 Å². The summed E-state index contributed by atoms with van der Waals surface area (Å²) in [5.41, 5.74) is 7.66. The lowest BCUT2D eigenvalue weighted by molar-refractivity contribution is 0.201. The molecular weight excluding hydrogens is 256 g/mol. The molecule has 1 aliphatic rings. The van der Waals surface area contributed by atoms with Gasteiger partial charge in [0.25, 0.3) is 0 Å². The minimum atomic E-state index is 0.388. The normalized spacial score (nSPS) is 20.1. The molecule has 1 aromatic heterocycles. The number of aromatic nitrogens is 1. The Morgan fingerprint density at radius 1 is 1.58 bits per heavy atom. The van der Waals surface area contributed by atoms with Crippen LogP contribution in [0.4, 0.5) is 0 Å². The Morgan fingerprint density at radius 3 is 3.05 bits per heavy atom. The highest BCUT2D eigenvalue weighted by Crippen LogP contribution is 2.21. The summed E-state index contributed by atoms with van der Waals surface area (Å²) in [5.74, 6) is 0. The van der Waals surface area contributed by atoms with Gasteiger partial charge < -0.3 is 10.6 Å². The molecule has 0 bridgehead atoms. The summed E-state index contributed by atoms with van der Waals surface area (Å²) >= 11 is 5.08. The predicted octanol–water partition coefficient (Wildman–Crippen LogP) is 1.24. The predicted molar refractivity (Wildman–Crippen MR) is 82.1 cm³/mol. The first-order valence-corrected chi connectivity index (χ1v) is 7.11. The highest BCUT2D eigenvalue weighted by molar-refractivity contribution is 7.80. The molecule has 2 rings (SSSR count). The molecule has 104 valence electrons. The van der Waals surface area contributed by atoms with E-state index in [-0.39, 0.29) is 0 Å². The van der Waals surface area contributed by atoms with E-state index in [9.17, 15) is 0 Å². The molecule has 4 nitrogen and oxygen atoms in total. The Hall–Kier alpha value is -1.04. The molecule has 1 aliphatic heterocycles. The van der Waals surface area contributed by atoms with E-state index in [0.717, 1.165) is 30.9 Å². The van der Waals surface area contributed by atoms with Crippen LogP contribution in [-0.4, -0.2) is 53.0 Å². The molecule has 2 N–H and O–H groups in total. The number of hydrogen-bond donors (Lipinski definition) is 1. The van der Waals surface area contributed by atoms with Crippen molar-refractivity contribution in [3.63, 3.8) is 0 Å². The first-order valence-electron chi connectivity index (χ1n) is 6.70. The van der Waals surface area contributed by atoms with Crippen LogP contribution in [0.3, 0.4) is 0 Å². The van der Waals surface area contributed by atoms with Gasteiger partial charge in [-0.05, 0) is 45.1 Å². The molecule has 1 saturated heterocycles. The van der Waals surface area contributed by atoms with Crippen LogP contribution in [0.25, 0.3) is 0 Å². The van der Waals surface area contributed by atoms with Crippen LogP contribution in [-0.2, 0) is 6.54 Å². The molecule has 0 saturated carbocycles. The Bertz CT molecular complexity index is 447. The second kappa shape index (κ2) is 6.41. The summed E-state index contributed by atoms with van der Waals surface area (Å²) in [6.45, 7) is 3.13. The van der Waals surface area contributed by atoms with Crippen LogP contribution in [0.5, 0.6) is 0 Å². The summed E-state index contributed by atoms with van der Waals surface area (Å²) < 4.78 is 0. The summed E-state index contributed by atoms with van der Waals surface area (Å²) in [5, 5.41) is 0. The van der Waals surface area contributed by atoms with Crippen LogP contribution in [0.2, 0.25) is 0 Å². The van der Waals surface area contributed by atoms with Gasteiger partial charge >= 0.3 is 0 Å². The van der Waals surface area contributed by atoms with Gasteiger partial charge in [-0.25, -0.2) is 0 Å². The molecule has 0 aliphatic carbocycles. The topological polar surface area (TPSA) is 45.4 Å². The Morgan fingerprint density at radius 2 is 2.37 bits per heavy atom. The second-order valence-corrected chi connectivity index (χ2v) is 5.84. The Balaban J connectivity index is 2.10. The van der Waals surface area contributed by atoms with Gasteiger partial charge in [-0.2, -0.15) is 0 Å². The minimum absolute atomic E-state index is 0.388. The fourth-order valence-corrected chi connectivity index (χ4v) is 2.92. The summed E-state index contributed by atoms with van der Waals surface area (Å²) in [4.78, 5) is 9.45. The average Bonchev–Trinajstić information content (AvgIpc) is 2.76. The van der Waals surface area contributed by atoms with Crippen molar-refractivity contribution in [2.24, 2.45) is 5.73 Å². The summed E-state index contributed by atoms with van der Waals surface area (Å²) in [6, 6.07) is 4.65. The number of likely N-dealkylation sites (N-methyl/N-ethyl adjacent to an activating group) is 1. The van der Waals surface area contributed by atoms with Gasteiger partial charge in [0.05, 0.1) is 0 Å². The number of rotatable bonds is 5. The highest BCUT2D eigenvalue weighted by Gasteiger charge is 2.25. The van der Waals surface area contributed by atoms with E-state index in [1.807, 2.05) is 6.07 Å². The van der Waals surface area contributed by atoms with Gasteiger partial charge in [0.15, 0.2) is 0 Å². The van der Waals surface area contributed by atoms with Crippen LogP contribution in [0, 0.1) is 0 Å². The summed E-state index contributed by atoms with van der Waals surface area (Å²) in [6.07, 6.45) is 4.28. The molecule has 1 unspecified atom stereocenters. The van der Waals surface area contributed by atoms with Crippen LogP contribution >= 0.6 is 12.2 Å². The average molecular weight is 278 g/mol. The van der Waals surface area contributed by atoms with Crippen molar-refractivity contribution in [3.05, 3.63) is 29.6 Å². The molecule has 1 fully saturated rings. The van der Waals surface area contributed by atoms with Gasteiger partial charge in [0.2, 0.25) is 0 Å². The smallest absolute Gasteiger partial charge is 0.123 e. The molecule has 0 radical (unpaired) electrons. The monoisotopic (exact) mass is 278 g/mol. The van der Waals surface area contributed by atoms with E-state index in [2.05, 4.69) is 34.9 Å². The largest absolute Gasteiger partial charge is 0.388 e. The van der Waals surface area contributed by atoms with Gasteiger partial charge in [0.1, 0.15) is 10.7 Å². The fourth-order valence-electron chi connectivity index (χ4n) is 2.74. The Labute approximate surface area is 120 Å². The maximum Gasteiger partial charge on any atom is 0.123 e. The fraction of sp³-hybridized carbons (Fsp3) is 0.571. The first kappa shape index (κ1) is 14.4. The van der Waals surface area contributed by atoms with Crippen molar-refractivity contribution in [3.8, 4) is 0 Å². The van der Waals surface area contributed by atoms with E-state index in [0.29, 0.717) is 11.0 Å². The van der Waals surface area contributed by atoms with E-state index in [1.165, 1.54) is 12.8 Å². The van der Waals surface area contributed by atoms with Crippen LogP contribution < -0.4 is 5.73 Å². The van der Waals surface area contributed by atoms with Crippen LogP contribution in [0.15, 0.2) is 18.3 Å². The molecule has 19 heavy (non-hydrogen) atoms. The van der Waals surface area contributed by atoms with Crippen molar-refractivity contribution < 1.29 is 0 Å². The lowest BCUT2D eigenvalue weighted by atomic mass is 10.1. The quantitative estimate of drug-likeness (QED) is 0.821. The zero-order valence-corrected chi connectivity index (χ0v) is 12.5. The van der Waals surface area contributed by atoms with Gasteiger partial charge in [-0.1, -0.05) is 18.3 Å². The molecule has 0 aromatic carbocycles. The number of nitrogens with two attached hydrogens (primary N) is 1. The molecule has 1 atom stereocenters. The maximum absolute atomic E-state index is 5.75. The lowest BCUT2D eigenvalue weighted by Gasteiger charge is -2.27. The third kappa shape index (κ3) is 3.72. The molecule has 0 amide bonds. The van der Waals surface area contributed by atoms with Crippen molar-refractivity contribution in [1.29, 1.82) is 0 Å². The number of hydrogen-bond acceptors (Lipinski definition) is 4. The minimum Gasteiger partial charge on any atom is -0.388 e. The number of thiocarbonyl (C=S) groups is 1. The van der Waals surface area contributed by atoms with Gasteiger partial charge in [-0.3, -0.25) is 9.88 Å². The van der Waals surface area contributed by atoms with E-state index >= 15 is 0 Å². The SMILES string of the molecule is CN(C)CC1CCCN1Cc1cccnc1C(N)=S. The second-order valence-electron chi connectivity index (χ2n) is 5.40. The lowest BCUT2D eigenvalue weighted by Crippen LogP contribution is -2.37. The molecule has 2 heterocycles. The maximum atomic E-state index is 5.75. The van der Waals surface area contributed by atoms with E-state index < -0.39 is 0 Å². The number of likely N-dealkylation sites (tertiary alicyclic amines) is 1. The third-order valence-corrected chi connectivity index (χ3v) is 3.77. The van der Waals surface area contributed by atoms with Crippen molar-refractivity contribution in [1.82, 2.24) is 14.8 Å². The van der Waals surface area contributed by atoms with E-state index in [1.54, 1.807) is 6.20 Å². The Kier molecular flexibility index (Phi) is 4.85. The first-order chi connectivity index (χ1) is 9.08. The zero-order valence-electron chi connectivity index (χ0n) is 11.7. The van der Waals surface area contributed by atoms with Crippen LogP contribution in [0.1, 0.15) is 24.1 Å². The highest BCUT2D eigenvalue weighted by atomic mass is 32.1. The standard InChI is InChI=1S/C14H22N4S/c1-17(2)10-12-6-4-8-18(12)9-11-5-3-7-16-13(11)14(15)19/h3,5,7,12H,4,6,8-10H2,1-2H3,(H2,15,19). The number of pyridine rings is 1. The van der Waals surface area contributed by atoms with Crippen molar-refractivity contribution >= 4 is 17.2 Å². The number of nitrogens with zero attached hydrogens (tertiary/aromatic N) is 3. The van der Waals surface area contributed by atoms with Gasteiger partial charge in [-0.15, -0.1) is 0 Å². The summed E-state index contributed by atoms with van der Waals surface area (Å²) in [7, 11) is 4.25. The van der Waals surface area contributed by atoms with Gasteiger partial charge in [0, 0.05) is 25.3 Å². The third-order valence-electron chi connectivity index (χ3n) is 3.57. The van der Waals surface area contributed by atoms with Crippen molar-refractivity contribution in [2.45, 2.75) is 25.4 Å². The molecule has 5 heteroatoms. The molecular formula is C14H22N4S. The molecule has 0 spiro atoms. The molecule has 1 aromatic rings. The van der Waals surface area contributed by atoms with Crippen molar-refractivity contribution in [2.75, 3.05) is 27.2 Å².